The maximum atomic E-state index is 12.4. The van der Waals surface area contributed by atoms with E-state index in [9.17, 15) is 14.4 Å². The lowest BCUT2D eigenvalue weighted by atomic mass is 10.2. The van der Waals surface area contributed by atoms with Crippen molar-refractivity contribution >= 4 is 69.5 Å². The van der Waals surface area contributed by atoms with E-state index in [1.807, 2.05) is 36.4 Å². The number of carbonyl (C=O) groups is 3. The Labute approximate surface area is 250 Å². The van der Waals surface area contributed by atoms with Crippen LogP contribution >= 0.6 is 34.2 Å². The summed E-state index contributed by atoms with van der Waals surface area (Å²) in [4.78, 5) is 36.7. The van der Waals surface area contributed by atoms with Gasteiger partial charge >= 0.3 is 11.8 Å². The molecular formula is C28H28ClIN4O6. The number of anilines is 2. The van der Waals surface area contributed by atoms with Crippen LogP contribution in [0, 0.1) is 3.57 Å². The predicted molar refractivity (Wildman–Crippen MR) is 162 cm³/mol. The van der Waals surface area contributed by atoms with Gasteiger partial charge in [-0.05, 0) is 96.1 Å². The summed E-state index contributed by atoms with van der Waals surface area (Å²) in [5.74, 6) is -0.728. The maximum absolute atomic E-state index is 12.4. The third-order valence-corrected chi connectivity index (χ3v) is 6.00. The Morgan fingerprint density at radius 1 is 0.925 bits per heavy atom. The molecule has 0 aromatic heterocycles. The van der Waals surface area contributed by atoms with Crippen LogP contribution in [0.25, 0.3) is 0 Å². The minimum atomic E-state index is -0.937. The zero-order valence-corrected chi connectivity index (χ0v) is 24.7. The molecule has 10 nitrogen and oxygen atoms in total. The number of rotatable bonds is 12. The number of benzene rings is 3. The number of hydrogen-bond acceptors (Lipinski definition) is 7. The summed E-state index contributed by atoms with van der Waals surface area (Å²) in [6.45, 7) is 4.51. The Kier molecular flexibility index (Phi) is 12.0. The van der Waals surface area contributed by atoms with Crippen LogP contribution in [0.1, 0.15) is 25.8 Å². The molecular weight excluding hydrogens is 651 g/mol. The number of hydrazone groups is 1. The molecule has 3 aromatic carbocycles. The van der Waals surface area contributed by atoms with Crippen LogP contribution in [0.4, 0.5) is 11.4 Å². The highest BCUT2D eigenvalue weighted by Crippen LogP contribution is 2.34. The van der Waals surface area contributed by atoms with Gasteiger partial charge in [-0.15, -0.1) is 0 Å². The first-order valence-corrected chi connectivity index (χ1v) is 13.8. The van der Waals surface area contributed by atoms with Crippen molar-refractivity contribution in [1.82, 2.24) is 5.43 Å². The highest BCUT2D eigenvalue weighted by atomic mass is 127. The molecule has 3 rings (SSSR count). The van der Waals surface area contributed by atoms with Crippen molar-refractivity contribution in [3.8, 4) is 17.2 Å². The van der Waals surface area contributed by atoms with Gasteiger partial charge in [0.15, 0.2) is 18.1 Å². The molecule has 0 saturated carbocycles. The SMILES string of the molecule is CCCOc1ccc(NC(=O)C(=O)N/N=C\c2cc(I)c(OCC(=O)Nc3cccc(Cl)c3)c(OCC)c2)cc1. The summed E-state index contributed by atoms with van der Waals surface area (Å²) in [7, 11) is 0. The Bertz CT molecular complexity index is 1370. The number of nitrogens with one attached hydrogen (secondary N) is 3. The molecule has 3 aromatic rings. The summed E-state index contributed by atoms with van der Waals surface area (Å²) in [5.41, 5.74) is 3.77. The second kappa shape index (κ2) is 15.7. The number of ether oxygens (including phenoxy) is 3. The first-order chi connectivity index (χ1) is 19.3. The molecule has 0 spiro atoms. The average Bonchev–Trinajstić information content (AvgIpc) is 2.92. The van der Waals surface area contributed by atoms with Gasteiger partial charge in [-0.25, -0.2) is 5.43 Å². The number of carbonyl (C=O) groups excluding carboxylic acids is 3. The lowest BCUT2D eigenvalue weighted by Gasteiger charge is -2.14. The summed E-state index contributed by atoms with van der Waals surface area (Å²) >= 11 is 8.00. The lowest BCUT2D eigenvalue weighted by Crippen LogP contribution is -2.32. The monoisotopic (exact) mass is 678 g/mol. The third-order valence-electron chi connectivity index (χ3n) is 4.96. The smallest absolute Gasteiger partial charge is 0.329 e. The molecule has 0 heterocycles. The van der Waals surface area contributed by atoms with Crippen LogP contribution in [-0.2, 0) is 14.4 Å². The van der Waals surface area contributed by atoms with Gasteiger partial charge in [0.05, 0.1) is 23.0 Å². The zero-order chi connectivity index (χ0) is 28.9. The van der Waals surface area contributed by atoms with Crippen LogP contribution in [0.2, 0.25) is 5.02 Å². The fourth-order valence-corrected chi connectivity index (χ4v) is 4.20. The van der Waals surface area contributed by atoms with E-state index >= 15 is 0 Å². The third kappa shape index (κ3) is 9.72. The lowest BCUT2D eigenvalue weighted by molar-refractivity contribution is -0.136. The first-order valence-electron chi connectivity index (χ1n) is 12.3. The predicted octanol–water partition coefficient (Wildman–Crippen LogP) is 5.24. The van der Waals surface area contributed by atoms with Crippen molar-refractivity contribution in [2.45, 2.75) is 20.3 Å². The summed E-state index contributed by atoms with van der Waals surface area (Å²) < 4.78 is 17.6. The summed E-state index contributed by atoms with van der Waals surface area (Å²) in [6.07, 6.45) is 2.25. The van der Waals surface area contributed by atoms with Gasteiger partial charge in [0, 0.05) is 16.4 Å². The molecule has 0 atom stereocenters. The van der Waals surface area contributed by atoms with Gasteiger partial charge in [0.2, 0.25) is 0 Å². The zero-order valence-electron chi connectivity index (χ0n) is 21.8. The second-order valence-corrected chi connectivity index (χ2v) is 9.73. The van der Waals surface area contributed by atoms with Crippen molar-refractivity contribution in [2.24, 2.45) is 5.10 Å². The minimum Gasteiger partial charge on any atom is -0.494 e. The molecule has 0 saturated heterocycles. The number of halogens is 2. The summed E-state index contributed by atoms with van der Waals surface area (Å²) in [6, 6.07) is 16.9. The van der Waals surface area contributed by atoms with Crippen LogP contribution in [0.3, 0.4) is 0 Å². The standard InChI is InChI=1S/C28H28ClIN4O6/c1-3-12-39-22-10-8-20(9-11-22)33-27(36)28(37)34-31-16-18-13-23(30)26(24(14-18)38-4-2)40-17-25(35)32-21-7-5-6-19(29)15-21/h5-11,13-16H,3-4,12,17H2,1-2H3,(H,32,35)(H,33,36)(H,34,37)/b31-16-. The maximum Gasteiger partial charge on any atom is 0.329 e. The van der Waals surface area contributed by atoms with Gasteiger partial charge in [0.25, 0.3) is 5.91 Å². The van der Waals surface area contributed by atoms with Crippen molar-refractivity contribution < 1.29 is 28.6 Å². The molecule has 0 aliphatic rings. The number of amides is 3. The van der Waals surface area contributed by atoms with Crippen LogP contribution < -0.4 is 30.3 Å². The Morgan fingerprint density at radius 2 is 1.70 bits per heavy atom. The Morgan fingerprint density at radius 3 is 2.40 bits per heavy atom. The minimum absolute atomic E-state index is 0.254. The fraction of sp³-hybridized carbons (Fsp3) is 0.214. The highest BCUT2D eigenvalue weighted by Gasteiger charge is 2.15. The summed E-state index contributed by atoms with van der Waals surface area (Å²) in [5, 5.41) is 9.59. The van der Waals surface area contributed by atoms with Gasteiger partial charge in [-0.3, -0.25) is 14.4 Å². The van der Waals surface area contributed by atoms with Crippen LogP contribution in [-0.4, -0.2) is 43.8 Å². The van der Waals surface area contributed by atoms with Gasteiger partial charge in [-0.2, -0.15) is 5.10 Å². The first kappa shape index (κ1) is 30.7. The van der Waals surface area contributed by atoms with E-state index in [1.54, 1.807) is 60.7 Å². The van der Waals surface area contributed by atoms with E-state index < -0.39 is 11.8 Å². The van der Waals surface area contributed by atoms with Gasteiger partial charge in [0.1, 0.15) is 5.75 Å². The number of nitrogens with zero attached hydrogens (tertiary/aromatic N) is 1. The molecule has 0 aliphatic carbocycles. The van der Waals surface area contributed by atoms with E-state index in [2.05, 4.69) is 21.2 Å². The van der Waals surface area contributed by atoms with E-state index in [4.69, 9.17) is 25.8 Å². The second-order valence-electron chi connectivity index (χ2n) is 8.14. The number of hydrogen-bond donors (Lipinski definition) is 3. The molecule has 3 amide bonds. The highest BCUT2D eigenvalue weighted by molar-refractivity contribution is 14.1. The van der Waals surface area contributed by atoms with Crippen molar-refractivity contribution in [1.29, 1.82) is 0 Å². The topological polar surface area (TPSA) is 127 Å². The quantitative estimate of drug-likeness (QED) is 0.104. The Hall–Kier alpha value is -3.84. The van der Waals surface area contributed by atoms with Gasteiger partial charge < -0.3 is 24.8 Å². The molecule has 0 radical (unpaired) electrons. The fourth-order valence-electron chi connectivity index (χ4n) is 3.22. The van der Waals surface area contributed by atoms with E-state index in [-0.39, 0.29) is 12.5 Å². The van der Waals surface area contributed by atoms with Crippen molar-refractivity contribution in [3.63, 3.8) is 0 Å². The van der Waals surface area contributed by atoms with Crippen LogP contribution in [0.15, 0.2) is 65.8 Å². The molecule has 0 unspecified atom stereocenters. The molecule has 3 N–H and O–H groups in total. The van der Waals surface area contributed by atoms with Crippen molar-refractivity contribution in [3.05, 3.63) is 74.8 Å². The normalized spacial score (nSPS) is 10.6. The molecule has 210 valence electrons. The van der Waals surface area contributed by atoms with Crippen molar-refractivity contribution in [2.75, 3.05) is 30.5 Å². The largest absolute Gasteiger partial charge is 0.494 e. The van der Waals surface area contributed by atoms with E-state index in [0.29, 0.717) is 56.0 Å². The van der Waals surface area contributed by atoms with Crippen LogP contribution in [0.5, 0.6) is 17.2 Å². The molecule has 0 bridgehead atoms. The Balaban J connectivity index is 1.57. The van der Waals surface area contributed by atoms with Gasteiger partial charge in [-0.1, -0.05) is 24.6 Å². The van der Waals surface area contributed by atoms with E-state index in [0.717, 1.165) is 6.42 Å². The molecule has 0 aliphatic heterocycles. The molecule has 0 fully saturated rings. The van der Waals surface area contributed by atoms with E-state index in [1.165, 1.54) is 6.21 Å². The average molecular weight is 679 g/mol. The molecule has 40 heavy (non-hydrogen) atoms. The molecule has 12 heteroatoms.